The molecule has 1 heterocycles. The van der Waals surface area contributed by atoms with E-state index < -0.39 is 11.3 Å². The van der Waals surface area contributed by atoms with Crippen LogP contribution in [-0.4, -0.2) is 17.5 Å². The van der Waals surface area contributed by atoms with Crippen molar-refractivity contribution in [3.63, 3.8) is 0 Å². The molecule has 0 spiro atoms. The minimum Gasteiger partial charge on any atom is -0.445 e. The molecule has 0 amide bonds. The van der Waals surface area contributed by atoms with Gasteiger partial charge in [0.05, 0.1) is 5.69 Å². The van der Waals surface area contributed by atoms with E-state index in [2.05, 4.69) is 4.98 Å². The van der Waals surface area contributed by atoms with Crippen molar-refractivity contribution in [1.29, 1.82) is 0 Å². The van der Waals surface area contributed by atoms with Crippen LogP contribution in [0.15, 0.2) is 4.42 Å². The van der Waals surface area contributed by atoms with Gasteiger partial charge in [0, 0.05) is 13.0 Å². The standard InChI is InChI=1S/C9H12F2N2O/c1-5-6(2)14-7(13-5)8(4-12)3-9(8,10)11/h3-4,12H2,1-2H3. The molecule has 1 aliphatic carbocycles. The minimum absolute atomic E-state index is 0.0833. The third-order valence-electron chi connectivity index (χ3n) is 2.89. The SMILES string of the molecule is Cc1nc(C2(CN)CC2(F)F)oc1C. The molecule has 1 unspecified atom stereocenters. The summed E-state index contributed by atoms with van der Waals surface area (Å²) in [5, 5.41) is 0. The van der Waals surface area contributed by atoms with Gasteiger partial charge >= 0.3 is 0 Å². The van der Waals surface area contributed by atoms with E-state index in [9.17, 15) is 8.78 Å². The van der Waals surface area contributed by atoms with Crippen LogP contribution in [0.2, 0.25) is 0 Å². The van der Waals surface area contributed by atoms with Crippen LogP contribution in [0.4, 0.5) is 8.78 Å². The maximum Gasteiger partial charge on any atom is 0.265 e. The molecule has 1 atom stereocenters. The van der Waals surface area contributed by atoms with Gasteiger partial charge in [0.25, 0.3) is 5.92 Å². The number of aromatic nitrogens is 1. The molecule has 1 aromatic heterocycles. The Bertz CT molecular complexity index is 355. The van der Waals surface area contributed by atoms with Crippen molar-refractivity contribution < 1.29 is 13.2 Å². The number of oxazole rings is 1. The molecule has 0 aromatic carbocycles. The fourth-order valence-corrected chi connectivity index (χ4v) is 1.55. The highest BCUT2D eigenvalue weighted by atomic mass is 19.3. The first kappa shape index (κ1) is 9.58. The zero-order valence-electron chi connectivity index (χ0n) is 8.10. The number of nitrogens with two attached hydrogens (primary N) is 1. The van der Waals surface area contributed by atoms with Gasteiger partial charge in [-0.2, -0.15) is 0 Å². The Hall–Kier alpha value is -0.970. The number of halogens is 2. The van der Waals surface area contributed by atoms with E-state index >= 15 is 0 Å². The van der Waals surface area contributed by atoms with Gasteiger partial charge in [0.15, 0.2) is 0 Å². The molecule has 78 valence electrons. The van der Waals surface area contributed by atoms with Crippen molar-refractivity contribution >= 4 is 0 Å². The smallest absolute Gasteiger partial charge is 0.265 e. The van der Waals surface area contributed by atoms with Crippen molar-refractivity contribution in [3.05, 3.63) is 17.3 Å². The van der Waals surface area contributed by atoms with Gasteiger partial charge in [0.1, 0.15) is 11.2 Å². The van der Waals surface area contributed by atoms with E-state index in [1.165, 1.54) is 0 Å². The first-order valence-corrected chi connectivity index (χ1v) is 4.45. The molecule has 1 aromatic rings. The maximum absolute atomic E-state index is 13.1. The molecule has 0 radical (unpaired) electrons. The quantitative estimate of drug-likeness (QED) is 0.791. The van der Waals surface area contributed by atoms with Crippen molar-refractivity contribution in [3.8, 4) is 0 Å². The third-order valence-corrected chi connectivity index (χ3v) is 2.89. The Kier molecular flexibility index (Phi) is 1.73. The summed E-state index contributed by atoms with van der Waals surface area (Å²) in [6.07, 6.45) is -0.254. The van der Waals surface area contributed by atoms with Crippen molar-refractivity contribution in [2.75, 3.05) is 6.54 Å². The highest BCUT2D eigenvalue weighted by molar-refractivity contribution is 5.29. The van der Waals surface area contributed by atoms with Gasteiger partial charge in [0.2, 0.25) is 5.89 Å². The summed E-state index contributed by atoms with van der Waals surface area (Å²) < 4.78 is 31.4. The van der Waals surface area contributed by atoms with E-state index in [1.807, 2.05) is 0 Å². The fourth-order valence-electron chi connectivity index (χ4n) is 1.55. The van der Waals surface area contributed by atoms with Gasteiger partial charge < -0.3 is 10.2 Å². The largest absolute Gasteiger partial charge is 0.445 e. The molecular formula is C9H12F2N2O. The van der Waals surface area contributed by atoms with E-state index in [4.69, 9.17) is 10.2 Å². The molecular weight excluding hydrogens is 190 g/mol. The van der Waals surface area contributed by atoms with Crippen LogP contribution < -0.4 is 5.73 Å². The molecule has 1 saturated carbocycles. The number of hydrogen-bond acceptors (Lipinski definition) is 3. The molecule has 1 fully saturated rings. The maximum atomic E-state index is 13.1. The van der Waals surface area contributed by atoms with Crippen LogP contribution in [0.5, 0.6) is 0 Å². The highest BCUT2D eigenvalue weighted by Crippen LogP contribution is 2.60. The van der Waals surface area contributed by atoms with Crippen molar-refractivity contribution in [2.24, 2.45) is 5.73 Å². The van der Waals surface area contributed by atoms with Crippen LogP contribution >= 0.6 is 0 Å². The second-order valence-electron chi connectivity index (χ2n) is 3.83. The molecule has 1 aliphatic rings. The third kappa shape index (κ3) is 1.02. The van der Waals surface area contributed by atoms with Crippen LogP contribution in [0.25, 0.3) is 0 Å². The van der Waals surface area contributed by atoms with E-state index in [0.29, 0.717) is 11.5 Å². The molecule has 2 N–H and O–H groups in total. The van der Waals surface area contributed by atoms with Crippen LogP contribution in [0.1, 0.15) is 23.8 Å². The summed E-state index contributed by atoms with van der Waals surface area (Å²) in [6.45, 7) is 3.31. The zero-order chi connectivity index (χ0) is 10.6. The molecule has 0 aliphatic heterocycles. The average molecular weight is 202 g/mol. The molecule has 14 heavy (non-hydrogen) atoms. The second-order valence-corrected chi connectivity index (χ2v) is 3.83. The van der Waals surface area contributed by atoms with E-state index in [0.717, 1.165) is 0 Å². The Morgan fingerprint density at radius 3 is 2.36 bits per heavy atom. The molecule has 2 rings (SSSR count). The second kappa shape index (κ2) is 2.53. The number of nitrogens with zero attached hydrogens (tertiary/aromatic N) is 1. The summed E-state index contributed by atoms with van der Waals surface area (Å²) in [6, 6.07) is 0. The van der Waals surface area contributed by atoms with E-state index in [1.54, 1.807) is 13.8 Å². The Labute approximate surface area is 80.3 Å². The summed E-state index contributed by atoms with van der Waals surface area (Å²) >= 11 is 0. The number of hydrogen-bond donors (Lipinski definition) is 1. The van der Waals surface area contributed by atoms with Crippen LogP contribution in [0, 0.1) is 13.8 Å². The first-order chi connectivity index (χ1) is 6.43. The summed E-state index contributed by atoms with van der Waals surface area (Å²) in [5.74, 6) is -2.10. The summed E-state index contributed by atoms with van der Waals surface area (Å²) in [7, 11) is 0. The van der Waals surface area contributed by atoms with Crippen molar-refractivity contribution in [2.45, 2.75) is 31.6 Å². The van der Waals surface area contributed by atoms with Crippen molar-refractivity contribution in [1.82, 2.24) is 4.98 Å². The molecule has 5 heteroatoms. The first-order valence-electron chi connectivity index (χ1n) is 4.45. The Morgan fingerprint density at radius 1 is 1.50 bits per heavy atom. The summed E-state index contributed by atoms with van der Waals surface area (Å²) in [5.41, 5.74) is 4.66. The monoisotopic (exact) mass is 202 g/mol. The predicted molar refractivity (Wildman–Crippen MR) is 46.3 cm³/mol. The lowest BCUT2D eigenvalue weighted by Crippen LogP contribution is -2.27. The van der Waals surface area contributed by atoms with Gasteiger partial charge in [-0.1, -0.05) is 0 Å². The van der Waals surface area contributed by atoms with Crippen LogP contribution in [0.3, 0.4) is 0 Å². The fraction of sp³-hybridized carbons (Fsp3) is 0.667. The average Bonchev–Trinajstić information content (AvgIpc) is 2.52. The molecule has 0 bridgehead atoms. The lowest BCUT2D eigenvalue weighted by atomic mass is 10.1. The van der Waals surface area contributed by atoms with E-state index in [-0.39, 0.29) is 18.9 Å². The predicted octanol–water partition coefficient (Wildman–Crippen LogP) is 1.53. The summed E-state index contributed by atoms with van der Waals surface area (Å²) in [4.78, 5) is 3.98. The normalized spacial score (nSPS) is 29.2. The number of rotatable bonds is 2. The van der Waals surface area contributed by atoms with Crippen LogP contribution in [-0.2, 0) is 5.41 Å². The molecule has 3 nitrogen and oxygen atoms in total. The topological polar surface area (TPSA) is 52.0 Å². The number of alkyl halides is 2. The van der Waals surface area contributed by atoms with Gasteiger partial charge in [-0.3, -0.25) is 0 Å². The van der Waals surface area contributed by atoms with Gasteiger partial charge in [-0.15, -0.1) is 0 Å². The minimum atomic E-state index is -2.76. The Balaban J connectivity index is 2.40. The molecule has 0 saturated heterocycles. The lowest BCUT2D eigenvalue weighted by molar-refractivity contribution is 0.0822. The zero-order valence-corrected chi connectivity index (χ0v) is 8.10. The van der Waals surface area contributed by atoms with Gasteiger partial charge in [-0.05, 0) is 13.8 Å². The number of aryl methyl sites for hydroxylation is 2. The highest BCUT2D eigenvalue weighted by Gasteiger charge is 2.74. The van der Waals surface area contributed by atoms with Gasteiger partial charge in [-0.25, -0.2) is 13.8 Å². The Morgan fingerprint density at radius 2 is 2.07 bits per heavy atom. The lowest BCUT2D eigenvalue weighted by Gasteiger charge is -2.08.